The molecule has 2 heterocycles. The van der Waals surface area contributed by atoms with Crippen LogP contribution in [0.15, 0.2) is 29.6 Å². The van der Waals surface area contributed by atoms with Gasteiger partial charge in [-0.05, 0) is 25.3 Å². The Bertz CT molecular complexity index is 689. The number of hydrogen-bond acceptors (Lipinski definition) is 6. The summed E-state index contributed by atoms with van der Waals surface area (Å²) >= 11 is 1.51. The van der Waals surface area contributed by atoms with Crippen LogP contribution in [-0.2, 0) is 6.54 Å². The molecule has 1 aromatic carbocycles. The third-order valence-electron chi connectivity index (χ3n) is 4.10. The summed E-state index contributed by atoms with van der Waals surface area (Å²) in [5.41, 5.74) is 1.85. The third kappa shape index (κ3) is 3.93. The maximum absolute atomic E-state index is 10.9. The normalized spacial score (nSPS) is 18.9. The number of aliphatic hydroxyl groups excluding tert-OH is 1. The maximum Gasteiger partial charge on any atom is 0.270 e. The van der Waals surface area contributed by atoms with Crippen LogP contribution in [0, 0.1) is 16.0 Å². The van der Waals surface area contributed by atoms with Crippen LogP contribution in [-0.4, -0.2) is 39.6 Å². The molecule has 1 saturated heterocycles. The average molecular weight is 333 g/mol. The molecule has 1 fully saturated rings. The number of rotatable bonds is 5. The van der Waals surface area contributed by atoms with Gasteiger partial charge in [0.1, 0.15) is 5.01 Å². The summed E-state index contributed by atoms with van der Waals surface area (Å²) in [7, 11) is 0. The fraction of sp³-hybridized carbons (Fsp3) is 0.438. The first-order valence-corrected chi connectivity index (χ1v) is 8.56. The Morgan fingerprint density at radius 1 is 1.48 bits per heavy atom. The number of piperidine rings is 1. The Balaban J connectivity index is 1.70. The summed E-state index contributed by atoms with van der Waals surface area (Å²) in [6.07, 6.45) is 2.19. The summed E-state index contributed by atoms with van der Waals surface area (Å²) in [6.45, 7) is 2.94. The van der Waals surface area contributed by atoms with E-state index < -0.39 is 0 Å². The van der Waals surface area contributed by atoms with Crippen LogP contribution in [0.4, 0.5) is 5.69 Å². The van der Waals surface area contributed by atoms with Crippen LogP contribution in [0.5, 0.6) is 0 Å². The van der Waals surface area contributed by atoms with Crippen molar-refractivity contribution in [1.82, 2.24) is 9.88 Å². The molecular formula is C16H19N3O3S. The summed E-state index contributed by atoms with van der Waals surface area (Å²) in [5.74, 6) is 0.360. The molecule has 1 atom stereocenters. The molecule has 122 valence electrons. The zero-order valence-corrected chi connectivity index (χ0v) is 13.5. The van der Waals surface area contributed by atoms with E-state index in [1.807, 2.05) is 11.4 Å². The molecular weight excluding hydrogens is 314 g/mol. The highest BCUT2D eigenvalue weighted by molar-refractivity contribution is 7.13. The predicted octanol–water partition coefficient (Wildman–Crippen LogP) is 2.92. The largest absolute Gasteiger partial charge is 0.396 e. The maximum atomic E-state index is 10.9. The van der Waals surface area contributed by atoms with Crippen molar-refractivity contribution in [3.63, 3.8) is 0 Å². The highest BCUT2D eigenvalue weighted by Gasteiger charge is 2.20. The Hall–Kier alpha value is -1.83. The van der Waals surface area contributed by atoms with E-state index in [1.54, 1.807) is 12.1 Å². The quantitative estimate of drug-likeness (QED) is 0.672. The number of aliphatic hydroxyl groups is 1. The summed E-state index contributed by atoms with van der Waals surface area (Å²) in [6, 6.07) is 6.58. The minimum atomic E-state index is -0.388. The fourth-order valence-corrected chi connectivity index (χ4v) is 3.75. The molecule has 0 amide bonds. The number of aromatic nitrogens is 1. The Kier molecular flexibility index (Phi) is 5.00. The minimum Gasteiger partial charge on any atom is -0.396 e. The first-order chi connectivity index (χ1) is 11.2. The van der Waals surface area contributed by atoms with Crippen LogP contribution in [0.2, 0.25) is 0 Å². The summed E-state index contributed by atoms with van der Waals surface area (Å²) in [5, 5.41) is 23.0. The zero-order valence-electron chi connectivity index (χ0n) is 12.7. The molecule has 1 unspecified atom stereocenters. The van der Waals surface area contributed by atoms with Crippen molar-refractivity contribution < 1.29 is 10.0 Å². The minimum absolute atomic E-state index is 0.0843. The van der Waals surface area contributed by atoms with E-state index in [4.69, 9.17) is 0 Å². The molecule has 0 saturated carbocycles. The first kappa shape index (κ1) is 16.0. The van der Waals surface area contributed by atoms with Gasteiger partial charge in [-0.3, -0.25) is 15.0 Å². The van der Waals surface area contributed by atoms with Gasteiger partial charge in [0.05, 0.1) is 10.6 Å². The third-order valence-corrected chi connectivity index (χ3v) is 5.04. The predicted molar refractivity (Wildman–Crippen MR) is 89.3 cm³/mol. The lowest BCUT2D eigenvalue weighted by Gasteiger charge is -2.31. The van der Waals surface area contributed by atoms with E-state index in [1.165, 1.54) is 17.4 Å². The lowest BCUT2D eigenvalue weighted by molar-refractivity contribution is -0.384. The van der Waals surface area contributed by atoms with E-state index >= 15 is 0 Å². The molecule has 23 heavy (non-hydrogen) atoms. The van der Waals surface area contributed by atoms with Gasteiger partial charge in [-0.1, -0.05) is 12.1 Å². The van der Waals surface area contributed by atoms with Crippen molar-refractivity contribution in [2.45, 2.75) is 19.4 Å². The Labute approximate surface area is 138 Å². The van der Waals surface area contributed by atoms with Gasteiger partial charge in [-0.2, -0.15) is 0 Å². The van der Waals surface area contributed by atoms with Gasteiger partial charge in [0, 0.05) is 42.8 Å². The van der Waals surface area contributed by atoms with E-state index in [0.717, 1.165) is 48.7 Å². The molecule has 1 aromatic heterocycles. The molecule has 1 aliphatic heterocycles. The molecule has 0 spiro atoms. The first-order valence-electron chi connectivity index (χ1n) is 7.68. The number of likely N-dealkylation sites (tertiary alicyclic amines) is 1. The van der Waals surface area contributed by atoms with Crippen LogP contribution >= 0.6 is 11.3 Å². The van der Waals surface area contributed by atoms with Gasteiger partial charge >= 0.3 is 0 Å². The van der Waals surface area contributed by atoms with E-state index in [-0.39, 0.29) is 17.2 Å². The number of nitro groups is 1. The van der Waals surface area contributed by atoms with Gasteiger partial charge < -0.3 is 5.11 Å². The molecule has 1 aliphatic rings. The van der Waals surface area contributed by atoms with Crippen LogP contribution in [0.1, 0.15) is 18.5 Å². The van der Waals surface area contributed by atoms with Crippen molar-refractivity contribution in [2.75, 3.05) is 19.7 Å². The number of benzene rings is 1. The number of non-ortho nitro benzene ring substituents is 1. The van der Waals surface area contributed by atoms with Gasteiger partial charge in [0.15, 0.2) is 0 Å². The van der Waals surface area contributed by atoms with Crippen LogP contribution < -0.4 is 0 Å². The molecule has 0 radical (unpaired) electrons. The number of hydrogen-bond donors (Lipinski definition) is 1. The lowest BCUT2D eigenvalue weighted by atomic mass is 9.99. The highest BCUT2D eigenvalue weighted by atomic mass is 32.1. The van der Waals surface area contributed by atoms with Gasteiger partial charge in [-0.15, -0.1) is 11.3 Å². The van der Waals surface area contributed by atoms with Crippen molar-refractivity contribution >= 4 is 17.0 Å². The highest BCUT2D eigenvalue weighted by Crippen LogP contribution is 2.27. The smallest absolute Gasteiger partial charge is 0.270 e. The Morgan fingerprint density at radius 3 is 3.13 bits per heavy atom. The fourth-order valence-electron chi connectivity index (χ4n) is 2.94. The number of thiazole rings is 1. The van der Waals surface area contributed by atoms with Gasteiger partial charge in [-0.25, -0.2) is 4.98 Å². The summed E-state index contributed by atoms with van der Waals surface area (Å²) < 4.78 is 0. The van der Waals surface area contributed by atoms with Gasteiger partial charge in [0.25, 0.3) is 5.69 Å². The van der Waals surface area contributed by atoms with Crippen molar-refractivity contribution in [3.8, 4) is 10.6 Å². The summed E-state index contributed by atoms with van der Waals surface area (Å²) in [4.78, 5) is 17.4. The number of nitro benzene ring substituents is 1. The molecule has 1 N–H and O–H groups in total. The molecule has 3 rings (SSSR count). The number of nitrogens with zero attached hydrogens (tertiary/aromatic N) is 3. The molecule has 0 bridgehead atoms. The lowest BCUT2D eigenvalue weighted by Crippen LogP contribution is -2.36. The van der Waals surface area contributed by atoms with E-state index in [2.05, 4.69) is 9.88 Å². The molecule has 0 aliphatic carbocycles. The second kappa shape index (κ2) is 7.16. The van der Waals surface area contributed by atoms with Crippen LogP contribution in [0.3, 0.4) is 0 Å². The Morgan fingerprint density at radius 2 is 2.35 bits per heavy atom. The second-order valence-corrected chi connectivity index (χ2v) is 6.74. The standard InChI is InChI=1S/C16H19N3O3S/c20-10-12-3-2-6-18(8-12)9-14-11-23-16(17-14)13-4-1-5-15(7-13)19(21)22/h1,4-5,7,11-12,20H,2-3,6,8-10H2. The van der Waals surface area contributed by atoms with E-state index in [9.17, 15) is 15.2 Å². The van der Waals surface area contributed by atoms with Gasteiger partial charge in [0.2, 0.25) is 0 Å². The van der Waals surface area contributed by atoms with Crippen molar-refractivity contribution in [2.24, 2.45) is 5.92 Å². The monoisotopic (exact) mass is 333 g/mol. The topological polar surface area (TPSA) is 79.5 Å². The molecule has 6 nitrogen and oxygen atoms in total. The zero-order chi connectivity index (χ0) is 16.2. The van der Waals surface area contributed by atoms with Crippen LogP contribution in [0.25, 0.3) is 10.6 Å². The second-order valence-electron chi connectivity index (χ2n) is 5.88. The molecule has 2 aromatic rings. The van der Waals surface area contributed by atoms with Crippen molar-refractivity contribution in [3.05, 3.63) is 45.5 Å². The molecule has 7 heteroatoms. The van der Waals surface area contributed by atoms with Crippen molar-refractivity contribution in [1.29, 1.82) is 0 Å². The SMILES string of the molecule is O=[N+]([O-])c1cccc(-c2nc(CN3CCCC(CO)C3)cs2)c1. The van der Waals surface area contributed by atoms with E-state index in [0.29, 0.717) is 5.92 Å². The average Bonchev–Trinajstić information content (AvgIpc) is 3.03.